The maximum Gasteiger partial charge on any atom is 0.256 e. The van der Waals surface area contributed by atoms with Gasteiger partial charge in [-0.25, -0.2) is 4.98 Å². The van der Waals surface area contributed by atoms with E-state index in [9.17, 15) is 15.3 Å². The van der Waals surface area contributed by atoms with Crippen molar-refractivity contribution in [3.8, 4) is 17.2 Å². The smallest absolute Gasteiger partial charge is 0.256 e. The molecule has 0 radical (unpaired) electrons. The lowest BCUT2D eigenvalue weighted by Gasteiger charge is -2.16. The summed E-state index contributed by atoms with van der Waals surface area (Å²) in [6, 6.07) is 9.59. The van der Waals surface area contributed by atoms with Crippen LogP contribution in [0.4, 0.5) is 5.82 Å². The number of aliphatic hydroxyl groups is 3. The molecular formula is C19H20N8O4. The Morgan fingerprint density at radius 3 is 2.65 bits per heavy atom. The highest BCUT2D eigenvalue weighted by Crippen LogP contribution is 2.32. The summed E-state index contributed by atoms with van der Waals surface area (Å²) in [6.45, 7) is -0.426. The lowest BCUT2D eigenvalue weighted by molar-refractivity contribution is -0.0511. The van der Waals surface area contributed by atoms with Gasteiger partial charge in [-0.05, 0) is 0 Å². The molecule has 4 aromatic rings. The van der Waals surface area contributed by atoms with E-state index in [0.717, 1.165) is 5.56 Å². The average Bonchev–Trinajstić information content (AvgIpc) is 3.52. The van der Waals surface area contributed by atoms with Gasteiger partial charge in [-0.1, -0.05) is 35.5 Å². The number of hydrogen-bond donors (Lipinski definition) is 4. The van der Waals surface area contributed by atoms with Gasteiger partial charge in [-0.2, -0.15) is 14.6 Å². The Morgan fingerprint density at radius 2 is 1.94 bits per heavy atom. The van der Waals surface area contributed by atoms with Gasteiger partial charge in [0.2, 0.25) is 0 Å². The van der Waals surface area contributed by atoms with Crippen LogP contribution in [0.1, 0.15) is 6.23 Å². The fourth-order valence-corrected chi connectivity index (χ4v) is 3.58. The van der Waals surface area contributed by atoms with Gasteiger partial charge < -0.3 is 25.4 Å². The molecule has 3 aromatic heterocycles. The molecule has 12 nitrogen and oxygen atoms in total. The van der Waals surface area contributed by atoms with Crippen molar-refractivity contribution in [3.63, 3.8) is 0 Å². The molecule has 0 spiro atoms. The van der Waals surface area contributed by atoms with E-state index in [2.05, 4.69) is 30.6 Å². The highest BCUT2D eigenvalue weighted by Gasteiger charge is 2.44. The first-order chi connectivity index (χ1) is 15.1. The molecule has 5 rings (SSSR count). The molecule has 0 unspecified atom stereocenters. The Hall–Kier alpha value is -3.45. The maximum absolute atomic E-state index is 10.4. The topological polar surface area (TPSA) is 156 Å². The molecule has 31 heavy (non-hydrogen) atoms. The lowest BCUT2D eigenvalue weighted by atomic mass is 10.1. The van der Waals surface area contributed by atoms with E-state index in [0.29, 0.717) is 22.7 Å². The van der Waals surface area contributed by atoms with Gasteiger partial charge in [-0.3, -0.25) is 4.57 Å². The van der Waals surface area contributed by atoms with Crippen LogP contribution in [0.2, 0.25) is 0 Å². The maximum atomic E-state index is 10.4. The first-order valence-corrected chi connectivity index (χ1v) is 9.63. The zero-order chi connectivity index (χ0) is 21.5. The van der Waals surface area contributed by atoms with Gasteiger partial charge in [0.15, 0.2) is 23.2 Å². The van der Waals surface area contributed by atoms with Crippen LogP contribution in [0, 0.1) is 0 Å². The Balaban J connectivity index is 1.58. The zero-order valence-electron chi connectivity index (χ0n) is 16.4. The summed E-state index contributed by atoms with van der Waals surface area (Å²) in [5.41, 5.74) is 2.38. The molecule has 0 bridgehead atoms. The van der Waals surface area contributed by atoms with Crippen molar-refractivity contribution >= 4 is 17.0 Å². The number of nitrogens with one attached hydrogen (secondary N) is 1. The number of imidazole rings is 1. The highest BCUT2D eigenvalue weighted by molar-refractivity contribution is 5.83. The van der Waals surface area contributed by atoms with E-state index >= 15 is 0 Å². The second kappa shape index (κ2) is 7.67. The Bertz CT molecular complexity index is 1210. The summed E-state index contributed by atoms with van der Waals surface area (Å²) in [5, 5.41) is 41.2. The van der Waals surface area contributed by atoms with Crippen LogP contribution in [0.15, 0.2) is 42.9 Å². The number of fused-ring (bicyclic) bond motifs is 1. The summed E-state index contributed by atoms with van der Waals surface area (Å²) >= 11 is 0. The number of benzene rings is 1. The van der Waals surface area contributed by atoms with Gasteiger partial charge in [0.25, 0.3) is 5.95 Å². The zero-order valence-corrected chi connectivity index (χ0v) is 16.4. The van der Waals surface area contributed by atoms with Crippen LogP contribution < -0.4 is 5.32 Å². The number of rotatable bonds is 5. The van der Waals surface area contributed by atoms with Gasteiger partial charge in [0.1, 0.15) is 24.0 Å². The average molecular weight is 424 g/mol. The largest absolute Gasteiger partial charge is 0.394 e. The van der Waals surface area contributed by atoms with E-state index in [1.807, 2.05) is 30.3 Å². The van der Waals surface area contributed by atoms with Gasteiger partial charge in [-0.15, -0.1) is 5.10 Å². The molecule has 0 saturated carbocycles. The Morgan fingerprint density at radius 1 is 1.13 bits per heavy atom. The summed E-state index contributed by atoms with van der Waals surface area (Å²) in [4.78, 5) is 13.3. The molecule has 1 aliphatic heterocycles. The van der Waals surface area contributed by atoms with Crippen LogP contribution in [0.5, 0.6) is 0 Å². The monoisotopic (exact) mass is 424 g/mol. The summed E-state index contributed by atoms with van der Waals surface area (Å²) in [6.07, 6.45) is -1.22. The standard InChI is InChI=1S/C19H20N8O4/c1-20-16-13-17(26(9-21-13)18-15(30)14(29)12(8-28)31-18)23-19(22-16)27-7-11(24-25-27)10-5-3-2-4-6-10/h2-7,9,12,14-15,18,28-30H,8H2,1H3,(H,20,22,23)/t12-,14-,15-,18-/m1/s1. The normalized spacial score (nSPS) is 23.5. The van der Waals surface area contributed by atoms with Crippen LogP contribution in [-0.4, -0.2) is 81.8 Å². The van der Waals surface area contributed by atoms with E-state index in [1.54, 1.807) is 13.2 Å². The van der Waals surface area contributed by atoms with Crippen molar-refractivity contribution in [1.82, 2.24) is 34.5 Å². The summed E-state index contributed by atoms with van der Waals surface area (Å²) in [7, 11) is 1.70. The Labute approximate surface area is 175 Å². The summed E-state index contributed by atoms with van der Waals surface area (Å²) in [5.74, 6) is 0.683. The number of ether oxygens (including phenoxy) is 1. The van der Waals surface area contributed by atoms with Gasteiger partial charge in [0.05, 0.1) is 19.1 Å². The molecule has 12 heteroatoms. The first kappa shape index (κ1) is 19.5. The molecule has 1 aromatic carbocycles. The second-order valence-electron chi connectivity index (χ2n) is 7.09. The number of aromatic nitrogens is 7. The first-order valence-electron chi connectivity index (χ1n) is 9.63. The number of anilines is 1. The fraction of sp³-hybridized carbons (Fsp3) is 0.316. The van der Waals surface area contributed by atoms with Crippen LogP contribution >= 0.6 is 0 Å². The van der Waals surface area contributed by atoms with Crippen LogP contribution in [-0.2, 0) is 4.74 Å². The van der Waals surface area contributed by atoms with Crippen molar-refractivity contribution in [3.05, 3.63) is 42.9 Å². The third-order valence-corrected chi connectivity index (χ3v) is 5.21. The number of hydrogen-bond acceptors (Lipinski definition) is 10. The number of aliphatic hydroxyl groups excluding tert-OH is 3. The van der Waals surface area contributed by atoms with E-state index in [4.69, 9.17) is 4.74 Å². The second-order valence-corrected chi connectivity index (χ2v) is 7.09. The molecule has 1 fully saturated rings. The van der Waals surface area contributed by atoms with E-state index in [-0.39, 0.29) is 5.95 Å². The fourth-order valence-electron chi connectivity index (χ4n) is 3.58. The van der Waals surface area contributed by atoms with Gasteiger partial charge in [0, 0.05) is 12.6 Å². The van der Waals surface area contributed by atoms with E-state index < -0.39 is 31.1 Å². The molecule has 4 atom stereocenters. The Kier molecular flexibility index (Phi) is 4.82. The molecule has 1 aliphatic rings. The minimum atomic E-state index is -1.26. The predicted octanol–water partition coefficient (Wildman–Crippen LogP) is -0.273. The van der Waals surface area contributed by atoms with Crippen molar-refractivity contribution in [2.45, 2.75) is 24.5 Å². The van der Waals surface area contributed by atoms with Crippen molar-refractivity contribution < 1.29 is 20.1 Å². The van der Waals surface area contributed by atoms with Crippen LogP contribution in [0.3, 0.4) is 0 Å². The SMILES string of the molecule is CNc1nc(-n2cc(-c3ccccc3)nn2)nc2c1ncn2[C@@H]1O[C@H](CO)[C@@H](O)[C@H]1O. The third kappa shape index (κ3) is 3.21. The summed E-state index contributed by atoms with van der Waals surface area (Å²) < 4.78 is 8.57. The predicted molar refractivity (Wildman–Crippen MR) is 108 cm³/mol. The molecule has 160 valence electrons. The molecule has 0 aliphatic carbocycles. The molecule has 1 saturated heterocycles. The quantitative estimate of drug-likeness (QED) is 0.336. The lowest BCUT2D eigenvalue weighted by Crippen LogP contribution is -2.33. The van der Waals surface area contributed by atoms with E-state index in [1.165, 1.54) is 15.6 Å². The van der Waals surface area contributed by atoms with Crippen LogP contribution in [0.25, 0.3) is 28.4 Å². The third-order valence-electron chi connectivity index (χ3n) is 5.21. The van der Waals surface area contributed by atoms with Crippen molar-refractivity contribution in [2.24, 2.45) is 0 Å². The molecule has 4 heterocycles. The number of nitrogens with zero attached hydrogens (tertiary/aromatic N) is 7. The molecular weight excluding hydrogens is 404 g/mol. The van der Waals surface area contributed by atoms with Crippen molar-refractivity contribution in [1.29, 1.82) is 0 Å². The minimum absolute atomic E-state index is 0.236. The van der Waals surface area contributed by atoms with Gasteiger partial charge >= 0.3 is 0 Å². The molecule has 0 amide bonds. The highest BCUT2D eigenvalue weighted by atomic mass is 16.6. The molecule has 4 N–H and O–H groups in total. The minimum Gasteiger partial charge on any atom is -0.394 e. The van der Waals surface area contributed by atoms with Crippen molar-refractivity contribution in [2.75, 3.05) is 19.0 Å².